The summed E-state index contributed by atoms with van der Waals surface area (Å²) in [7, 11) is 0. The number of hydrogen-bond donors (Lipinski definition) is 1. The molecule has 0 saturated heterocycles. The van der Waals surface area contributed by atoms with E-state index in [1.807, 2.05) is 0 Å². The molecule has 20 heavy (non-hydrogen) atoms. The average molecular weight is 290 g/mol. The van der Waals surface area contributed by atoms with Crippen LogP contribution in [0.25, 0.3) is 0 Å². The second-order valence-electron chi connectivity index (χ2n) is 5.30. The third kappa shape index (κ3) is 15.9. The van der Waals surface area contributed by atoms with E-state index in [1.165, 1.54) is 32.1 Å². The number of aliphatic hydroxyl groups is 1. The zero-order chi connectivity index (χ0) is 14.9. The molecule has 0 bridgehead atoms. The summed E-state index contributed by atoms with van der Waals surface area (Å²) in [6.45, 7) is 8.22. The third-order valence-electron chi connectivity index (χ3n) is 3.29. The van der Waals surface area contributed by atoms with Gasteiger partial charge in [0.15, 0.2) is 0 Å². The zero-order valence-corrected chi connectivity index (χ0v) is 13.4. The van der Waals surface area contributed by atoms with Crippen molar-refractivity contribution in [3.8, 4) is 0 Å². The zero-order valence-electron chi connectivity index (χ0n) is 13.4. The molecule has 0 aliphatic rings. The fourth-order valence-corrected chi connectivity index (χ4v) is 1.95. The van der Waals surface area contributed by atoms with Crippen molar-refractivity contribution in [1.82, 2.24) is 0 Å². The molecular weight excluding hydrogens is 256 g/mol. The van der Waals surface area contributed by atoms with Gasteiger partial charge in [0, 0.05) is 6.61 Å². The van der Waals surface area contributed by atoms with E-state index in [4.69, 9.17) is 19.3 Å². The smallest absolute Gasteiger partial charge is 0.0701 e. The lowest BCUT2D eigenvalue weighted by Crippen LogP contribution is -2.11. The van der Waals surface area contributed by atoms with Crippen LogP contribution in [0.2, 0.25) is 0 Å². The van der Waals surface area contributed by atoms with Crippen molar-refractivity contribution in [3.63, 3.8) is 0 Å². The van der Waals surface area contributed by atoms with Gasteiger partial charge in [0.2, 0.25) is 0 Å². The minimum Gasteiger partial charge on any atom is -0.394 e. The standard InChI is InChI=1S/C16H34O4/c1-3-4-5-6-7-16(2)8-10-18-12-14-20-15-13-19-11-9-17/h16-17H,3-15H2,1-2H3. The highest BCUT2D eigenvalue weighted by Gasteiger charge is 2.01. The van der Waals surface area contributed by atoms with Crippen molar-refractivity contribution in [2.24, 2.45) is 5.92 Å². The lowest BCUT2D eigenvalue weighted by Gasteiger charge is -2.11. The summed E-state index contributed by atoms with van der Waals surface area (Å²) in [5, 5.41) is 8.51. The molecule has 0 fully saturated rings. The third-order valence-corrected chi connectivity index (χ3v) is 3.29. The van der Waals surface area contributed by atoms with Crippen LogP contribution in [0.5, 0.6) is 0 Å². The Morgan fingerprint density at radius 2 is 1.35 bits per heavy atom. The van der Waals surface area contributed by atoms with E-state index in [0.29, 0.717) is 33.0 Å². The van der Waals surface area contributed by atoms with Crippen molar-refractivity contribution in [2.75, 3.05) is 46.2 Å². The molecule has 122 valence electrons. The first-order chi connectivity index (χ1) is 9.81. The van der Waals surface area contributed by atoms with E-state index >= 15 is 0 Å². The van der Waals surface area contributed by atoms with Gasteiger partial charge >= 0.3 is 0 Å². The fraction of sp³-hybridized carbons (Fsp3) is 1.00. The molecule has 0 amide bonds. The highest BCUT2D eigenvalue weighted by atomic mass is 16.5. The van der Waals surface area contributed by atoms with Crippen molar-refractivity contribution in [1.29, 1.82) is 0 Å². The van der Waals surface area contributed by atoms with Crippen LogP contribution < -0.4 is 0 Å². The molecule has 1 unspecified atom stereocenters. The predicted molar refractivity (Wildman–Crippen MR) is 82.1 cm³/mol. The summed E-state index contributed by atoms with van der Waals surface area (Å²) in [5.41, 5.74) is 0. The maximum absolute atomic E-state index is 8.51. The van der Waals surface area contributed by atoms with E-state index in [2.05, 4.69) is 13.8 Å². The van der Waals surface area contributed by atoms with Gasteiger partial charge in [0.25, 0.3) is 0 Å². The van der Waals surface area contributed by atoms with Crippen LogP contribution >= 0.6 is 0 Å². The summed E-state index contributed by atoms with van der Waals surface area (Å²) in [5.74, 6) is 0.764. The monoisotopic (exact) mass is 290 g/mol. The highest BCUT2D eigenvalue weighted by Crippen LogP contribution is 2.13. The first kappa shape index (κ1) is 19.8. The molecule has 4 nitrogen and oxygen atoms in total. The molecule has 1 N–H and O–H groups in total. The molecule has 0 aromatic carbocycles. The molecule has 0 aliphatic carbocycles. The second kappa shape index (κ2) is 16.9. The second-order valence-corrected chi connectivity index (χ2v) is 5.30. The molecule has 4 heteroatoms. The maximum Gasteiger partial charge on any atom is 0.0701 e. The molecule has 1 atom stereocenters. The first-order valence-electron chi connectivity index (χ1n) is 8.15. The average Bonchev–Trinajstić information content (AvgIpc) is 2.45. The van der Waals surface area contributed by atoms with Gasteiger partial charge in [0.05, 0.1) is 39.6 Å². The van der Waals surface area contributed by atoms with Crippen LogP contribution in [0.4, 0.5) is 0 Å². The van der Waals surface area contributed by atoms with Crippen LogP contribution in [0.15, 0.2) is 0 Å². The van der Waals surface area contributed by atoms with Crippen LogP contribution in [0.3, 0.4) is 0 Å². The van der Waals surface area contributed by atoms with Crippen LogP contribution in [0, 0.1) is 5.92 Å². The minimum absolute atomic E-state index is 0.0692. The highest BCUT2D eigenvalue weighted by molar-refractivity contribution is 4.53. The molecule has 0 aromatic heterocycles. The van der Waals surface area contributed by atoms with Crippen molar-refractivity contribution < 1.29 is 19.3 Å². The van der Waals surface area contributed by atoms with E-state index in [9.17, 15) is 0 Å². The largest absolute Gasteiger partial charge is 0.394 e. The first-order valence-corrected chi connectivity index (χ1v) is 8.15. The van der Waals surface area contributed by atoms with Gasteiger partial charge in [-0.25, -0.2) is 0 Å². The Balaban J connectivity index is 3.07. The van der Waals surface area contributed by atoms with E-state index in [-0.39, 0.29) is 6.61 Å². The van der Waals surface area contributed by atoms with Gasteiger partial charge in [-0.3, -0.25) is 0 Å². The fourth-order valence-electron chi connectivity index (χ4n) is 1.95. The molecular formula is C16H34O4. The molecule has 0 saturated carbocycles. The number of ether oxygens (including phenoxy) is 3. The van der Waals surface area contributed by atoms with E-state index in [1.54, 1.807) is 0 Å². The molecule has 0 aromatic rings. The molecule has 0 spiro atoms. The topological polar surface area (TPSA) is 47.9 Å². The van der Waals surface area contributed by atoms with Crippen molar-refractivity contribution in [2.45, 2.75) is 52.4 Å². The van der Waals surface area contributed by atoms with E-state index in [0.717, 1.165) is 18.9 Å². The van der Waals surface area contributed by atoms with Gasteiger partial charge in [-0.2, -0.15) is 0 Å². The summed E-state index contributed by atoms with van der Waals surface area (Å²) in [6, 6.07) is 0. The SMILES string of the molecule is CCCCCCC(C)CCOCCOCCOCCO. The molecule has 0 rings (SSSR count). The van der Waals surface area contributed by atoms with Gasteiger partial charge in [-0.05, 0) is 12.3 Å². The summed E-state index contributed by atoms with van der Waals surface area (Å²) in [6.07, 6.45) is 7.86. The lowest BCUT2D eigenvalue weighted by molar-refractivity contribution is 0.00601. The quantitative estimate of drug-likeness (QED) is 0.444. The predicted octanol–water partition coefficient (Wildman–Crippen LogP) is 3.03. The van der Waals surface area contributed by atoms with Crippen molar-refractivity contribution in [3.05, 3.63) is 0 Å². The Labute approximate surface area is 124 Å². The summed E-state index contributed by atoms with van der Waals surface area (Å²) < 4.78 is 16.0. The van der Waals surface area contributed by atoms with Crippen molar-refractivity contribution >= 4 is 0 Å². The number of unbranched alkanes of at least 4 members (excludes halogenated alkanes) is 3. The van der Waals surface area contributed by atoms with Gasteiger partial charge < -0.3 is 19.3 Å². The Bertz CT molecular complexity index is 176. The Morgan fingerprint density at radius 1 is 0.750 bits per heavy atom. The van der Waals surface area contributed by atoms with Crippen LogP contribution in [-0.4, -0.2) is 51.4 Å². The number of hydrogen-bond acceptors (Lipinski definition) is 4. The lowest BCUT2D eigenvalue weighted by atomic mass is 10.00. The Hall–Kier alpha value is -0.160. The summed E-state index contributed by atoms with van der Waals surface area (Å²) >= 11 is 0. The van der Waals surface area contributed by atoms with Crippen LogP contribution in [-0.2, 0) is 14.2 Å². The molecule has 0 heterocycles. The van der Waals surface area contributed by atoms with Crippen LogP contribution in [0.1, 0.15) is 52.4 Å². The normalized spacial score (nSPS) is 12.8. The Kier molecular flexibility index (Phi) is 16.8. The van der Waals surface area contributed by atoms with Gasteiger partial charge in [-0.1, -0.05) is 46.0 Å². The maximum atomic E-state index is 8.51. The number of rotatable bonds is 16. The molecule has 0 aliphatic heterocycles. The van der Waals surface area contributed by atoms with Gasteiger partial charge in [-0.15, -0.1) is 0 Å². The Morgan fingerprint density at radius 3 is 1.95 bits per heavy atom. The van der Waals surface area contributed by atoms with Gasteiger partial charge in [0.1, 0.15) is 0 Å². The molecule has 0 radical (unpaired) electrons. The number of aliphatic hydroxyl groups excluding tert-OH is 1. The minimum atomic E-state index is 0.0692. The summed E-state index contributed by atoms with van der Waals surface area (Å²) in [4.78, 5) is 0. The van der Waals surface area contributed by atoms with E-state index < -0.39 is 0 Å².